The highest BCUT2D eigenvalue weighted by atomic mass is 32.2. The minimum atomic E-state index is -1.73. The van der Waals surface area contributed by atoms with Crippen LogP contribution in [0.3, 0.4) is 0 Å². The van der Waals surface area contributed by atoms with Gasteiger partial charge in [-0.2, -0.15) is 0 Å². The van der Waals surface area contributed by atoms with E-state index in [0.29, 0.717) is 0 Å². The summed E-state index contributed by atoms with van der Waals surface area (Å²) in [5.41, 5.74) is 0. The van der Waals surface area contributed by atoms with Gasteiger partial charge in [0.15, 0.2) is 0 Å². The van der Waals surface area contributed by atoms with Crippen molar-refractivity contribution in [3.63, 3.8) is 0 Å². The molecule has 0 bridgehead atoms. The third-order valence-corrected chi connectivity index (χ3v) is 11.1. The molecule has 4 heteroatoms. The van der Waals surface area contributed by atoms with E-state index in [2.05, 4.69) is 58.1 Å². The highest BCUT2D eigenvalue weighted by Gasteiger charge is 2.37. The Morgan fingerprint density at radius 2 is 1.70 bits per heavy atom. The van der Waals surface area contributed by atoms with Crippen LogP contribution in [-0.4, -0.2) is 19.8 Å². The summed E-state index contributed by atoms with van der Waals surface area (Å²) >= 11 is 3.93. The second-order valence-electron chi connectivity index (χ2n) is 6.57. The summed E-state index contributed by atoms with van der Waals surface area (Å²) in [6, 6.07) is 8.58. The van der Waals surface area contributed by atoms with Crippen molar-refractivity contribution in [3.05, 3.63) is 34.7 Å². The number of hydrogen-bond donors (Lipinski definition) is 0. The smallest absolute Gasteiger partial charge is 0.249 e. The van der Waals surface area contributed by atoms with Gasteiger partial charge >= 0.3 is 0 Å². The summed E-state index contributed by atoms with van der Waals surface area (Å²) in [5.74, 6) is 2.44. The van der Waals surface area contributed by atoms with Crippen LogP contribution >= 0.6 is 23.5 Å². The predicted molar refractivity (Wildman–Crippen MR) is 96.8 cm³/mol. The van der Waals surface area contributed by atoms with E-state index in [-0.39, 0.29) is 5.04 Å². The van der Waals surface area contributed by atoms with Crippen molar-refractivity contribution < 1.29 is 4.43 Å². The van der Waals surface area contributed by atoms with Crippen LogP contribution < -0.4 is 10.4 Å². The lowest BCUT2D eigenvalue weighted by Gasteiger charge is -2.35. The average molecular weight is 325 g/mol. The van der Waals surface area contributed by atoms with Crippen molar-refractivity contribution in [2.24, 2.45) is 0 Å². The van der Waals surface area contributed by atoms with Crippen LogP contribution in [0.4, 0.5) is 0 Å². The summed E-state index contributed by atoms with van der Waals surface area (Å²) < 4.78 is 7.70. The molecular formula is C16H24OS2Si. The normalized spacial score (nSPS) is 17.6. The molecule has 20 heavy (non-hydrogen) atoms. The molecule has 0 N–H and O–H groups in total. The number of hydrogen-bond acceptors (Lipinski definition) is 3. The van der Waals surface area contributed by atoms with E-state index in [1.165, 1.54) is 26.2 Å². The van der Waals surface area contributed by atoms with Crippen molar-refractivity contribution >= 4 is 42.3 Å². The lowest BCUT2D eigenvalue weighted by molar-refractivity contribution is 0.476. The Labute approximate surface area is 132 Å². The molecule has 1 aromatic rings. The first-order valence-corrected chi connectivity index (χ1v) is 11.9. The first kappa shape index (κ1) is 16.1. The minimum Gasteiger partial charge on any atom is -0.548 e. The van der Waals surface area contributed by atoms with E-state index >= 15 is 0 Å². The third kappa shape index (κ3) is 3.65. The van der Waals surface area contributed by atoms with Crippen molar-refractivity contribution in [2.45, 2.75) is 38.9 Å². The maximum atomic E-state index is 6.26. The highest BCUT2D eigenvalue weighted by Crippen LogP contribution is 2.37. The van der Waals surface area contributed by atoms with Crippen LogP contribution in [0.1, 0.15) is 20.8 Å². The van der Waals surface area contributed by atoms with E-state index in [1.807, 2.05) is 29.8 Å². The first-order valence-electron chi connectivity index (χ1n) is 7.04. The molecule has 0 radical (unpaired) electrons. The van der Waals surface area contributed by atoms with E-state index in [0.717, 1.165) is 0 Å². The fraction of sp³-hybridized carbons (Fsp3) is 0.500. The molecule has 2 rings (SSSR count). The Morgan fingerprint density at radius 3 is 2.30 bits per heavy atom. The second kappa shape index (κ2) is 6.20. The average Bonchev–Trinajstić information content (AvgIpc) is 2.89. The SMILES string of the molecule is CC(C)(C)[Si](C)(C)O/C=c1\ccccc1=C1SCCS1. The van der Waals surface area contributed by atoms with Gasteiger partial charge in [0, 0.05) is 26.2 Å². The maximum Gasteiger partial charge on any atom is 0.249 e. The van der Waals surface area contributed by atoms with Gasteiger partial charge in [-0.25, -0.2) is 0 Å². The van der Waals surface area contributed by atoms with Crippen molar-refractivity contribution in [1.29, 1.82) is 0 Å². The van der Waals surface area contributed by atoms with Gasteiger partial charge in [0.25, 0.3) is 0 Å². The predicted octanol–water partition coefficient (Wildman–Crippen LogP) is 3.99. The Balaban J connectivity index is 2.40. The van der Waals surface area contributed by atoms with Crippen LogP contribution in [0, 0.1) is 0 Å². The Hall–Kier alpha value is -0.323. The largest absolute Gasteiger partial charge is 0.548 e. The van der Waals surface area contributed by atoms with E-state index in [1.54, 1.807) is 0 Å². The molecule has 0 aliphatic carbocycles. The summed E-state index contributed by atoms with van der Waals surface area (Å²) in [6.45, 7) is 11.4. The standard InChI is InChI=1S/C16H24OS2Si/c1-16(2,3)20(4,5)17-12-13-8-6-7-9-14(13)15-18-10-11-19-15/h6-9,12H,10-11H2,1-5H3/b13-12+. The molecule has 0 atom stereocenters. The number of rotatable bonds is 2. The molecule has 1 fully saturated rings. The quantitative estimate of drug-likeness (QED) is 0.761. The van der Waals surface area contributed by atoms with Crippen LogP contribution in [-0.2, 0) is 4.43 Å². The molecule has 1 aliphatic heterocycles. The first-order chi connectivity index (χ1) is 9.31. The Morgan fingerprint density at radius 1 is 1.10 bits per heavy atom. The number of benzene rings is 1. The summed E-state index contributed by atoms with van der Waals surface area (Å²) in [6.07, 6.45) is 2.00. The highest BCUT2D eigenvalue weighted by molar-refractivity contribution is 8.32. The molecule has 1 aliphatic rings. The molecule has 1 nitrogen and oxygen atoms in total. The lowest BCUT2D eigenvalue weighted by Crippen LogP contribution is -2.40. The molecule has 0 unspecified atom stereocenters. The molecule has 1 saturated heterocycles. The zero-order valence-corrected chi connectivity index (χ0v) is 15.7. The lowest BCUT2D eigenvalue weighted by atomic mass is 10.2. The molecule has 1 heterocycles. The molecule has 0 spiro atoms. The fourth-order valence-corrected chi connectivity index (χ4v) is 4.97. The van der Waals surface area contributed by atoms with Crippen LogP contribution in [0.15, 0.2) is 24.3 Å². The van der Waals surface area contributed by atoms with Crippen molar-refractivity contribution in [1.82, 2.24) is 0 Å². The topological polar surface area (TPSA) is 9.23 Å². The van der Waals surface area contributed by atoms with Crippen molar-refractivity contribution in [2.75, 3.05) is 11.5 Å². The molecule has 0 amide bonds. The zero-order chi connectivity index (χ0) is 14.8. The summed E-state index contributed by atoms with van der Waals surface area (Å²) in [4.78, 5) is 0. The van der Waals surface area contributed by atoms with E-state index in [4.69, 9.17) is 4.43 Å². The van der Waals surface area contributed by atoms with Crippen LogP contribution in [0.25, 0.3) is 10.5 Å². The number of thioether (sulfide) groups is 2. The minimum absolute atomic E-state index is 0.239. The van der Waals surface area contributed by atoms with Gasteiger partial charge in [0.05, 0.1) is 6.26 Å². The van der Waals surface area contributed by atoms with Gasteiger partial charge in [-0.05, 0) is 18.1 Å². The van der Waals surface area contributed by atoms with Gasteiger partial charge in [-0.3, -0.25) is 0 Å². The van der Waals surface area contributed by atoms with E-state index in [9.17, 15) is 0 Å². The molecular weight excluding hydrogens is 300 g/mol. The van der Waals surface area contributed by atoms with Crippen LogP contribution in [0.2, 0.25) is 18.1 Å². The zero-order valence-electron chi connectivity index (χ0n) is 13.0. The van der Waals surface area contributed by atoms with Crippen molar-refractivity contribution in [3.8, 4) is 0 Å². The Bertz CT molecular complexity index is 579. The monoisotopic (exact) mass is 324 g/mol. The summed E-state index contributed by atoms with van der Waals surface area (Å²) in [5, 5.41) is 2.79. The Kier molecular flexibility index (Phi) is 4.98. The van der Waals surface area contributed by atoms with Gasteiger partial charge in [0.1, 0.15) is 0 Å². The molecule has 0 aromatic heterocycles. The summed E-state index contributed by atoms with van der Waals surface area (Å²) in [7, 11) is -1.73. The van der Waals surface area contributed by atoms with Crippen LogP contribution in [0.5, 0.6) is 0 Å². The fourth-order valence-electron chi connectivity index (χ4n) is 1.64. The molecule has 1 aromatic carbocycles. The maximum absolute atomic E-state index is 6.26. The van der Waals surface area contributed by atoms with Gasteiger partial charge in [0.2, 0.25) is 8.32 Å². The van der Waals surface area contributed by atoms with Gasteiger partial charge in [-0.15, -0.1) is 23.5 Å². The van der Waals surface area contributed by atoms with E-state index < -0.39 is 8.32 Å². The second-order valence-corrected chi connectivity index (χ2v) is 13.8. The molecule has 0 saturated carbocycles. The molecule has 110 valence electrons. The van der Waals surface area contributed by atoms with Gasteiger partial charge < -0.3 is 4.43 Å². The van der Waals surface area contributed by atoms with Gasteiger partial charge in [-0.1, -0.05) is 45.0 Å². The third-order valence-electron chi connectivity index (χ3n) is 4.02.